The van der Waals surface area contributed by atoms with Crippen LogP contribution < -0.4 is 5.32 Å². The predicted molar refractivity (Wildman–Crippen MR) is 71.5 cm³/mol. The van der Waals surface area contributed by atoms with Gasteiger partial charge in [0.05, 0.1) is 0 Å². The molecule has 0 aliphatic carbocycles. The lowest BCUT2D eigenvalue weighted by Crippen LogP contribution is -2.37. The molecule has 1 aliphatic heterocycles. The van der Waals surface area contributed by atoms with E-state index in [4.69, 9.17) is 4.74 Å². The Hall–Kier alpha value is -2.63. The summed E-state index contributed by atoms with van der Waals surface area (Å²) in [6.45, 7) is 0.285. The van der Waals surface area contributed by atoms with Crippen molar-refractivity contribution in [2.75, 3.05) is 19.7 Å². The number of urea groups is 1. The minimum Gasteiger partial charge on any atom is -0.452 e. The first-order valence-corrected chi connectivity index (χ1v) is 6.15. The standard InChI is InChI=1S/C14H14N2O4/c17-12(16-9-8-15-14(16)19)10-20-13(18)7-6-11-4-2-1-3-5-11/h1-7H,8-10H2,(H,15,19)/b7-6+. The number of nitrogens with zero attached hydrogens (tertiary/aromatic N) is 1. The summed E-state index contributed by atoms with van der Waals surface area (Å²) in [6, 6.07) is 8.79. The second-order valence-electron chi connectivity index (χ2n) is 4.13. The number of esters is 1. The van der Waals surface area contributed by atoms with Crippen LogP contribution in [0.4, 0.5) is 4.79 Å². The van der Waals surface area contributed by atoms with Gasteiger partial charge in [0.15, 0.2) is 6.61 Å². The van der Waals surface area contributed by atoms with E-state index in [0.29, 0.717) is 13.1 Å². The lowest BCUT2D eigenvalue weighted by atomic mass is 10.2. The van der Waals surface area contributed by atoms with E-state index in [1.165, 1.54) is 6.08 Å². The van der Waals surface area contributed by atoms with Crippen LogP contribution in [0, 0.1) is 0 Å². The van der Waals surface area contributed by atoms with Gasteiger partial charge < -0.3 is 10.1 Å². The van der Waals surface area contributed by atoms with Crippen molar-refractivity contribution in [3.8, 4) is 0 Å². The summed E-state index contributed by atoms with van der Waals surface area (Å²) in [4.78, 5) is 35.3. The maximum atomic E-state index is 11.6. The second kappa shape index (κ2) is 6.51. The number of nitrogens with one attached hydrogen (secondary N) is 1. The summed E-state index contributed by atoms with van der Waals surface area (Å²) in [5, 5.41) is 2.50. The highest BCUT2D eigenvalue weighted by Crippen LogP contribution is 2.02. The van der Waals surface area contributed by atoms with Gasteiger partial charge in [-0.05, 0) is 11.6 Å². The smallest absolute Gasteiger partial charge is 0.331 e. The number of rotatable bonds is 4. The molecular weight excluding hydrogens is 260 g/mol. The minimum absolute atomic E-state index is 0.301. The van der Waals surface area contributed by atoms with Gasteiger partial charge in [0.1, 0.15) is 0 Å². The summed E-state index contributed by atoms with van der Waals surface area (Å²) in [6.07, 6.45) is 2.84. The highest BCUT2D eigenvalue weighted by atomic mass is 16.5. The van der Waals surface area contributed by atoms with E-state index in [0.717, 1.165) is 10.5 Å². The van der Waals surface area contributed by atoms with Gasteiger partial charge in [-0.1, -0.05) is 30.3 Å². The molecule has 1 saturated heterocycles. The zero-order chi connectivity index (χ0) is 14.4. The average molecular weight is 274 g/mol. The molecule has 1 N–H and O–H groups in total. The fourth-order valence-corrected chi connectivity index (χ4v) is 1.70. The number of amides is 3. The van der Waals surface area contributed by atoms with Crippen molar-refractivity contribution in [1.82, 2.24) is 10.2 Å². The summed E-state index contributed by atoms with van der Waals surface area (Å²) in [7, 11) is 0. The van der Waals surface area contributed by atoms with E-state index in [1.54, 1.807) is 6.08 Å². The van der Waals surface area contributed by atoms with E-state index in [2.05, 4.69) is 5.32 Å². The number of carbonyl (C=O) groups is 3. The molecule has 0 bridgehead atoms. The van der Waals surface area contributed by atoms with Crippen molar-refractivity contribution in [2.24, 2.45) is 0 Å². The Bertz CT molecular complexity index is 539. The fourth-order valence-electron chi connectivity index (χ4n) is 1.70. The van der Waals surface area contributed by atoms with Crippen molar-refractivity contribution < 1.29 is 19.1 Å². The van der Waals surface area contributed by atoms with E-state index in [1.807, 2.05) is 30.3 Å². The lowest BCUT2D eigenvalue weighted by molar-refractivity contribution is -0.146. The highest BCUT2D eigenvalue weighted by Gasteiger charge is 2.26. The number of hydrogen-bond donors (Lipinski definition) is 1. The molecule has 0 unspecified atom stereocenters. The Kier molecular flexibility index (Phi) is 4.49. The molecule has 20 heavy (non-hydrogen) atoms. The molecule has 0 spiro atoms. The summed E-state index contributed by atoms with van der Waals surface area (Å²) < 4.78 is 4.79. The van der Waals surface area contributed by atoms with Crippen LogP contribution in [-0.4, -0.2) is 42.5 Å². The first-order valence-electron chi connectivity index (χ1n) is 6.15. The molecule has 0 aromatic heterocycles. The molecule has 1 fully saturated rings. The Labute approximate surface area is 116 Å². The molecule has 1 heterocycles. The van der Waals surface area contributed by atoms with Gasteiger partial charge in [0.2, 0.25) is 0 Å². The zero-order valence-electron chi connectivity index (χ0n) is 10.7. The number of benzene rings is 1. The first kappa shape index (κ1) is 13.8. The molecular formula is C14H14N2O4. The number of imide groups is 1. The monoisotopic (exact) mass is 274 g/mol. The van der Waals surface area contributed by atoms with Gasteiger partial charge in [0.25, 0.3) is 5.91 Å². The third kappa shape index (κ3) is 3.68. The van der Waals surface area contributed by atoms with E-state index >= 15 is 0 Å². The second-order valence-corrected chi connectivity index (χ2v) is 4.13. The van der Waals surface area contributed by atoms with Crippen LogP contribution in [0.15, 0.2) is 36.4 Å². The zero-order valence-corrected chi connectivity index (χ0v) is 10.7. The largest absolute Gasteiger partial charge is 0.452 e. The van der Waals surface area contributed by atoms with Crippen LogP contribution in [0.1, 0.15) is 5.56 Å². The molecule has 0 radical (unpaired) electrons. The number of hydrogen-bond acceptors (Lipinski definition) is 4. The lowest BCUT2D eigenvalue weighted by Gasteiger charge is -2.11. The first-order chi connectivity index (χ1) is 9.66. The summed E-state index contributed by atoms with van der Waals surface area (Å²) in [5.74, 6) is -1.15. The maximum Gasteiger partial charge on any atom is 0.331 e. The van der Waals surface area contributed by atoms with Crippen molar-refractivity contribution in [1.29, 1.82) is 0 Å². The molecule has 0 saturated carbocycles. The van der Waals surface area contributed by atoms with Gasteiger partial charge in [0, 0.05) is 19.2 Å². The molecule has 104 valence electrons. The number of carbonyl (C=O) groups excluding carboxylic acids is 3. The molecule has 6 nitrogen and oxygen atoms in total. The van der Waals surface area contributed by atoms with Gasteiger partial charge in [-0.2, -0.15) is 0 Å². The Morgan fingerprint density at radius 1 is 1.30 bits per heavy atom. The molecule has 1 aliphatic rings. The minimum atomic E-state index is -0.623. The van der Waals surface area contributed by atoms with Crippen LogP contribution in [0.2, 0.25) is 0 Å². The third-order valence-corrected chi connectivity index (χ3v) is 2.71. The summed E-state index contributed by atoms with van der Waals surface area (Å²) in [5.41, 5.74) is 0.856. The van der Waals surface area contributed by atoms with Crippen molar-refractivity contribution in [2.45, 2.75) is 0 Å². The van der Waals surface area contributed by atoms with Crippen LogP contribution in [0.25, 0.3) is 6.08 Å². The van der Waals surface area contributed by atoms with Crippen LogP contribution in [-0.2, 0) is 14.3 Å². The predicted octanol–water partition coefficient (Wildman–Crippen LogP) is 0.795. The third-order valence-electron chi connectivity index (χ3n) is 2.71. The van der Waals surface area contributed by atoms with Crippen molar-refractivity contribution >= 4 is 24.0 Å². The van der Waals surface area contributed by atoms with Gasteiger partial charge >= 0.3 is 12.0 Å². The Morgan fingerprint density at radius 3 is 2.70 bits per heavy atom. The van der Waals surface area contributed by atoms with Crippen LogP contribution in [0.3, 0.4) is 0 Å². The summed E-state index contributed by atoms with van der Waals surface area (Å²) >= 11 is 0. The molecule has 3 amide bonds. The van der Waals surface area contributed by atoms with E-state index < -0.39 is 24.5 Å². The van der Waals surface area contributed by atoms with Crippen LogP contribution in [0.5, 0.6) is 0 Å². The van der Waals surface area contributed by atoms with Gasteiger partial charge in [-0.15, -0.1) is 0 Å². The van der Waals surface area contributed by atoms with Crippen molar-refractivity contribution in [3.05, 3.63) is 42.0 Å². The Balaban J connectivity index is 1.79. The molecule has 1 aromatic rings. The number of ether oxygens (including phenoxy) is 1. The molecule has 1 aromatic carbocycles. The van der Waals surface area contributed by atoms with Gasteiger partial charge in [-0.3, -0.25) is 9.69 Å². The van der Waals surface area contributed by atoms with Crippen molar-refractivity contribution in [3.63, 3.8) is 0 Å². The normalized spacial score (nSPS) is 14.4. The van der Waals surface area contributed by atoms with E-state index in [9.17, 15) is 14.4 Å². The fraction of sp³-hybridized carbons (Fsp3) is 0.214. The average Bonchev–Trinajstić information content (AvgIpc) is 2.90. The Morgan fingerprint density at radius 2 is 2.05 bits per heavy atom. The maximum absolute atomic E-state index is 11.6. The van der Waals surface area contributed by atoms with Gasteiger partial charge in [-0.25, -0.2) is 9.59 Å². The molecule has 2 rings (SSSR count). The molecule has 6 heteroatoms. The molecule has 0 atom stereocenters. The topological polar surface area (TPSA) is 75.7 Å². The SMILES string of the molecule is O=C(/C=C/c1ccccc1)OCC(=O)N1CCNC1=O. The van der Waals surface area contributed by atoms with Crippen LogP contribution >= 0.6 is 0 Å². The quantitative estimate of drug-likeness (QED) is 0.650. The van der Waals surface area contributed by atoms with E-state index in [-0.39, 0.29) is 0 Å². The highest BCUT2D eigenvalue weighted by molar-refractivity contribution is 5.97.